The molecule has 74 valence electrons. The van der Waals surface area contributed by atoms with Crippen LogP contribution in [-0.2, 0) is 0 Å². The molecule has 0 saturated heterocycles. The summed E-state index contributed by atoms with van der Waals surface area (Å²) in [6.07, 6.45) is 0.933. The average molecular weight is 193 g/mol. The van der Waals surface area contributed by atoms with Crippen LogP contribution < -0.4 is 11.1 Å². The van der Waals surface area contributed by atoms with Crippen LogP contribution in [0.1, 0.15) is 6.42 Å². The van der Waals surface area contributed by atoms with Crippen molar-refractivity contribution in [3.8, 4) is 0 Å². The first-order valence-electron chi connectivity index (χ1n) is 4.43. The monoisotopic (exact) mass is 193 g/mol. The maximum Gasteiger partial charge on any atom is 0.271 e. The Morgan fingerprint density at radius 1 is 1.57 bits per heavy atom. The van der Waals surface area contributed by atoms with E-state index in [1.807, 2.05) is 0 Å². The normalized spacial score (nSPS) is 24.4. The van der Waals surface area contributed by atoms with Gasteiger partial charge in [-0.1, -0.05) is 6.07 Å². The number of nitrogens with one attached hydrogen (secondary N) is 1. The molecule has 0 amide bonds. The van der Waals surface area contributed by atoms with Gasteiger partial charge in [-0.15, -0.1) is 0 Å². The number of anilines is 1. The Balaban J connectivity index is 2.10. The Morgan fingerprint density at radius 3 is 2.86 bits per heavy atom. The highest BCUT2D eigenvalue weighted by Crippen LogP contribution is 2.25. The highest BCUT2D eigenvalue weighted by atomic mass is 16.6. The van der Waals surface area contributed by atoms with Gasteiger partial charge in [0.25, 0.3) is 5.69 Å². The van der Waals surface area contributed by atoms with Crippen molar-refractivity contribution >= 4 is 11.4 Å². The van der Waals surface area contributed by atoms with Crippen LogP contribution in [0.4, 0.5) is 11.4 Å². The van der Waals surface area contributed by atoms with Crippen LogP contribution in [0.5, 0.6) is 0 Å². The second-order valence-electron chi connectivity index (χ2n) is 3.46. The molecule has 0 bridgehead atoms. The summed E-state index contributed by atoms with van der Waals surface area (Å²) in [5, 5.41) is 13.6. The summed E-state index contributed by atoms with van der Waals surface area (Å²) in [7, 11) is 0. The fraction of sp³-hybridized carbons (Fsp3) is 0.333. The summed E-state index contributed by atoms with van der Waals surface area (Å²) in [6, 6.07) is 6.92. The second kappa shape index (κ2) is 3.26. The predicted molar refractivity (Wildman–Crippen MR) is 53.1 cm³/mol. The fourth-order valence-corrected chi connectivity index (χ4v) is 1.30. The SMILES string of the molecule is NC1CC1Nc1cccc([N+](=O)[O-])c1. The van der Waals surface area contributed by atoms with Crippen LogP contribution in [0.15, 0.2) is 24.3 Å². The quantitative estimate of drug-likeness (QED) is 0.556. The van der Waals surface area contributed by atoms with E-state index in [1.165, 1.54) is 12.1 Å². The van der Waals surface area contributed by atoms with Crippen molar-refractivity contribution < 1.29 is 4.92 Å². The highest BCUT2D eigenvalue weighted by Gasteiger charge is 2.33. The molecular weight excluding hydrogens is 182 g/mol. The second-order valence-corrected chi connectivity index (χ2v) is 3.46. The number of nitro benzene ring substituents is 1. The minimum atomic E-state index is -0.405. The number of hydrogen-bond acceptors (Lipinski definition) is 4. The molecule has 0 radical (unpaired) electrons. The molecular formula is C9H11N3O2. The van der Waals surface area contributed by atoms with E-state index < -0.39 is 4.92 Å². The maximum atomic E-state index is 10.5. The van der Waals surface area contributed by atoms with Crippen LogP contribution in [-0.4, -0.2) is 17.0 Å². The van der Waals surface area contributed by atoms with Gasteiger partial charge in [0, 0.05) is 29.9 Å². The van der Waals surface area contributed by atoms with Crippen molar-refractivity contribution in [3.63, 3.8) is 0 Å². The number of rotatable bonds is 3. The third-order valence-electron chi connectivity index (χ3n) is 2.25. The Kier molecular flexibility index (Phi) is 2.09. The lowest BCUT2D eigenvalue weighted by Crippen LogP contribution is -2.13. The topological polar surface area (TPSA) is 81.2 Å². The molecule has 0 spiro atoms. The van der Waals surface area contributed by atoms with Gasteiger partial charge in [0.2, 0.25) is 0 Å². The highest BCUT2D eigenvalue weighted by molar-refractivity contribution is 5.52. The van der Waals surface area contributed by atoms with Crippen LogP contribution in [0, 0.1) is 10.1 Å². The molecule has 1 fully saturated rings. The van der Waals surface area contributed by atoms with Gasteiger partial charge in [0.15, 0.2) is 0 Å². The molecule has 1 aliphatic carbocycles. The van der Waals surface area contributed by atoms with Crippen LogP contribution >= 0.6 is 0 Å². The number of nitrogens with zero attached hydrogens (tertiary/aromatic N) is 1. The Hall–Kier alpha value is -1.62. The van der Waals surface area contributed by atoms with Crippen molar-refractivity contribution in [2.24, 2.45) is 5.73 Å². The molecule has 2 rings (SSSR count). The van der Waals surface area contributed by atoms with Crippen LogP contribution in [0.2, 0.25) is 0 Å². The maximum absolute atomic E-state index is 10.5. The number of benzene rings is 1. The predicted octanol–water partition coefficient (Wildman–Crippen LogP) is 1.11. The molecule has 1 saturated carbocycles. The number of nitro groups is 1. The Labute approximate surface area is 81.1 Å². The smallest absolute Gasteiger partial charge is 0.271 e. The van der Waals surface area contributed by atoms with E-state index in [-0.39, 0.29) is 17.8 Å². The molecule has 3 N–H and O–H groups in total. The van der Waals surface area contributed by atoms with Gasteiger partial charge in [0.1, 0.15) is 0 Å². The van der Waals surface area contributed by atoms with E-state index in [1.54, 1.807) is 12.1 Å². The lowest BCUT2D eigenvalue weighted by atomic mass is 10.3. The first kappa shape index (κ1) is 8.96. The molecule has 1 aromatic carbocycles. The number of non-ortho nitro benzene ring substituents is 1. The molecule has 14 heavy (non-hydrogen) atoms. The van der Waals surface area contributed by atoms with Gasteiger partial charge in [0.05, 0.1) is 4.92 Å². The summed E-state index contributed by atoms with van der Waals surface area (Å²) in [4.78, 5) is 10.1. The third-order valence-corrected chi connectivity index (χ3v) is 2.25. The molecule has 2 atom stereocenters. The van der Waals surface area contributed by atoms with E-state index in [0.29, 0.717) is 0 Å². The minimum Gasteiger partial charge on any atom is -0.380 e. The molecule has 1 aromatic rings. The number of nitrogens with two attached hydrogens (primary N) is 1. The van der Waals surface area contributed by atoms with Crippen molar-refractivity contribution in [1.29, 1.82) is 0 Å². The fourth-order valence-electron chi connectivity index (χ4n) is 1.30. The van der Waals surface area contributed by atoms with E-state index in [4.69, 9.17) is 5.73 Å². The van der Waals surface area contributed by atoms with Crippen LogP contribution in [0.3, 0.4) is 0 Å². The zero-order chi connectivity index (χ0) is 10.1. The Bertz CT molecular complexity index is 367. The third kappa shape index (κ3) is 1.82. The van der Waals surface area contributed by atoms with E-state index in [2.05, 4.69) is 5.32 Å². The minimum absolute atomic E-state index is 0.101. The largest absolute Gasteiger partial charge is 0.380 e. The van der Waals surface area contributed by atoms with Gasteiger partial charge in [-0.25, -0.2) is 0 Å². The van der Waals surface area contributed by atoms with Crippen molar-refractivity contribution in [1.82, 2.24) is 0 Å². The van der Waals surface area contributed by atoms with Gasteiger partial charge in [-0.05, 0) is 12.5 Å². The molecule has 5 nitrogen and oxygen atoms in total. The molecule has 1 aliphatic rings. The van der Waals surface area contributed by atoms with Crippen molar-refractivity contribution in [3.05, 3.63) is 34.4 Å². The zero-order valence-electron chi connectivity index (χ0n) is 7.51. The van der Waals surface area contributed by atoms with Crippen LogP contribution in [0.25, 0.3) is 0 Å². The summed E-state index contributed by atoms with van der Waals surface area (Å²) < 4.78 is 0. The molecule has 5 heteroatoms. The summed E-state index contributed by atoms with van der Waals surface area (Å²) in [6.45, 7) is 0. The first-order valence-corrected chi connectivity index (χ1v) is 4.43. The first-order chi connectivity index (χ1) is 6.66. The van der Waals surface area contributed by atoms with E-state index in [9.17, 15) is 10.1 Å². The van der Waals surface area contributed by atoms with Gasteiger partial charge in [-0.3, -0.25) is 10.1 Å². The standard InChI is InChI=1S/C9H11N3O2/c10-8-5-9(8)11-6-2-1-3-7(4-6)12(13)14/h1-4,8-9,11H,5,10H2. The van der Waals surface area contributed by atoms with E-state index in [0.717, 1.165) is 12.1 Å². The summed E-state index contributed by atoms with van der Waals surface area (Å²) >= 11 is 0. The lowest BCUT2D eigenvalue weighted by molar-refractivity contribution is -0.384. The molecule has 0 aliphatic heterocycles. The Morgan fingerprint density at radius 2 is 2.29 bits per heavy atom. The lowest BCUT2D eigenvalue weighted by Gasteiger charge is -2.03. The zero-order valence-corrected chi connectivity index (χ0v) is 7.51. The molecule has 0 aromatic heterocycles. The van der Waals surface area contributed by atoms with Crippen molar-refractivity contribution in [2.75, 3.05) is 5.32 Å². The van der Waals surface area contributed by atoms with Gasteiger partial charge >= 0.3 is 0 Å². The van der Waals surface area contributed by atoms with Gasteiger partial charge < -0.3 is 11.1 Å². The van der Waals surface area contributed by atoms with Gasteiger partial charge in [-0.2, -0.15) is 0 Å². The summed E-state index contributed by atoms with van der Waals surface area (Å²) in [5.41, 5.74) is 6.48. The van der Waals surface area contributed by atoms with Crippen molar-refractivity contribution in [2.45, 2.75) is 18.5 Å². The molecule has 2 unspecified atom stereocenters. The number of hydrogen-bond donors (Lipinski definition) is 2. The van der Waals surface area contributed by atoms with E-state index >= 15 is 0 Å². The molecule has 0 heterocycles. The average Bonchev–Trinajstić information content (AvgIpc) is 2.82. The summed E-state index contributed by atoms with van der Waals surface area (Å²) in [5.74, 6) is 0.